The number of carbonyl (C=O) groups is 1. The van der Waals surface area contributed by atoms with E-state index in [1.54, 1.807) is 11.3 Å². The van der Waals surface area contributed by atoms with Crippen LogP contribution in [0.2, 0.25) is 0 Å². The van der Waals surface area contributed by atoms with Gasteiger partial charge in [0.2, 0.25) is 0 Å². The van der Waals surface area contributed by atoms with Crippen molar-refractivity contribution >= 4 is 17.1 Å². The molecule has 1 atom stereocenters. The molecule has 1 heterocycles. The molecule has 2 heteroatoms. The van der Waals surface area contributed by atoms with Gasteiger partial charge in [0.25, 0.3) is 0 Å². The van der Waals surface area contributed by atoms with Gasteiger partial charge in [-0.15, -0.1) is 0 Å². The van der Waals surface area contributed by atoms with Crippen molar-refractivity contribution in [1.29, 1.82) is 0 Å². The zero-order valence-corrected chi connectivity index (χ0v) is 11.3. The Balaban J connectivity index is 2.00. The minimum Gasteiger partial charge on any atom is -0.293 e. The van der Waals surface area contributed by atoms with E-state index in [2.05, 4.69) is 23.6 Å². The van der Waals surface area contributed by atoms with Gasteiger partial charge < -0.3 is 0 Å². The molecule has 0 fully saturated rings. The van der Waals surface area contributed by atoms with Crippen LogP contribution in [0.5, 0.6) is 0 Å². The maximum Gasteiger partial charge on any atom is 0.171 e. The Morgan fingerprint density at radius 1 is 1.28 bits per heavy atom. The standard InChI is InChI=1S/C16H16OS/c1-11-9-18-10-15(11)16(17)14-8-4-6-12-5-2-3-7-13(12)14/h2-3,5,7,9-10,14H,4,6,8H2,1H3. The second-order valence-electron chi connectivity index (χ2n) is 4.98. The van der Waals surface area contributed by atoms with Crippen LogP contribution in [0.4, 0.5) is 0 Å². The highest BCUT2D eigenvalue weighted by molar-refractivity contribution is 7.08. The third-order valence-electron chi connectivity index (χ3n) is 3.81. The van der Waals surface area contributed by atoms with Crippen LogP contribution in [0, 0.1) is 6.92 Å². The molecular formula is C16H16OS. The summed E-state index contributed by atoms with van der Waals surface area (Å²) in [5.41, 5.74) is 4.64. The lowest BCUT2D eigenvalue weighted by atomic mass is 9.79. The molecule has 0 spiro atoms. The normalized spacial score (nSPS) is 18.4. The van der Waals surface area contributed by atoms with Gasteiger partial charge in [0.15, 0.2) is 5.78 Å². The second-order valence-corrected chi connectivity index (χ2v) is 5.72. The second kappa shape index (κ2) is 4.69. The predicted octanol–water partition coefficient (Wildman–Crippen LogP) is 4.36. The number of fused-ring (bicyclic) bond motifs is 1. The molecule has 1 aliphatic rings. The Morgan fingerprint density at radius 2 is 2.11 bits per heavy atom. The van der Waals surface area contributed by atoms with Crippen LogP contribution in [0.15, 0.2) is 35.0 Å². The van der Waals surface area contributed by atoms with Gasteiger partial charge in [0, 0.05) is 16.9 Å². The molecule has 2 aromatic rings. The molecule has 3 rings (SSSR count). The first-order valence-corrected chi connectivity index (χ1v) is 7.36. The summed E-state index contributed by atoms with van der Waals surface area (Å²) in [6.07, 6.45) is 3.23. The molecule has 92 valence electrons. The van der Waals surface area contributed by atoms with Crippen molar-refractivity contribution in [1.82, 2.24) is 0 Å². The van der Waals surface area contributed by atoms with Crippen LogP contribution >= 0.6 is 11.3 Å². The van der Waals surface area contributed by atoms with Gasteiger partial charge in [-0.2, -0.15) is 11.3 Å². The fraction of sp³-hybridized carbons (Fsp3) is 0.312. The number of thiophene rings is 1. The Hall–Kier alpha value is -1.41. The number of Topliss-reactive ketones (excluding diaryl/α,β-unsaturated/α-hetero) is 1. The van der Waals surface area contributed by atoms with Gasteiger partial charge in [0.05, 0.1) is 0 Å². The highest BCUT2D eigenvalue weighted by Gasteiger charge is 2.27. The zero-order chi connectivity index (χ0) is 12.5. The smallest absolute Gasteiger partial charge is 0.171 e. The van der Waals surface area contributed by atoms with Gasteiger partial charge in [-0.1, -0.05) is 24.3 Å². The SMILES string of the molecule is Cc1cscc1C(=O)C1CCCc2ccccc21. The number of carbonyl (C=O) groups excluding carboxylic acids is 1. The van der Waals surface area contributed by atoms with Gasteiger partial charge in [-0.3, -0.25) is 4.79 Å². The van der Waals surface area contributed by atoms with E-state index in [-0.39, 0.29) is 5.92 Å². The minimum absolute atomic E-state index is 0.0725. The summed E-state index contributed by atoms with van der Waals surface area (Å²) >= 11 is 1.62. The lowest BCUT2D eigenvalue weighted by Crippen LogP contribution is -2.18. The number of ketones is 1. The third kappa shape index (κ3) is 1.91. The monoisotopic (exact) mass is 256 g/mol. The summed E-state index contributed by atoms with van der Waals surface area (Å²) in [5, 5.41) is 4.05. The first-order chi connectivity index (χ1) is 8.77. The summed E-state index contributed by atoms with van der Waals surface area (Å²) in [7, 11) is 0. The topological polar surface area (TPSA) is 17.1 Å². The fourth-order valence-electron chi connectivity index (χ4n) is 2.83. The van der Waals surface area contributed by atoms with Crippen molar-refractivity contribution in [2.75, 3.05) is 0 Å². The predicted molar refractivity (Wildman–Crippen MR) is 75.5 cm³/mol. The molecule has 0 radical (unpaired) electrons. The van der Waals surface area contributed by atoms with Crippen molar-refractivity contribution in [3.63, 3.8) is 0 Å². The molecule has 0 saturated heterocycles. The van der Waals surface area contributed by atoms with Crippen LogP contribution in [-0.4, -0.2) is 5.78 Å². The number of aryl methyl sites for hydroxylation is 2. The Labute approximate surface area is 111 Å². The molecule has 0 aliphatic heterocycles. The van der Waals surface area contributed by atoms with E-state index in [9.17, 15) is 4.79 Å². The Bertz CT molecular complexity index is 582. The summed E-state index contributed by atoms with van der Waals surface area (Å²) in [6.45, 7) is 2.03. The Morgan fingerprint density at radius 3 is 2.89 bits per heavy atom. The molecular weight excluding hydrogens is 240 g/mol. The van der Waals surface area contributed by atoms with E-state index in [0.29, 0.717) is 5.78 Å². The highest BCUT2D eigenvalue weighted by atomic mass is 32.1. The maximum absolute atomic E-state index is 12.7. The third-order valence-corrected chi connectivity index (χ3v) is 4.67. The molecule has 0 N–H and O–H groups in total. The van der Waals surface area contributed by atoms with Crippen molar-refractivity contribution in [2.24, 2.45) is 0 Å². The molecule has 18 heavy (non-hydrogen) atoms. The van der Waals surface area contributed by atoms with Gasteiger partial charge in [0.1, 0.15) is 0 Å². The van der Waals surface area contributed by atoms with Crippen molar-refractivity contribution in [3.05, 3.63) is 57.3 Å². The van der Waals surface area contributed by atoms with Gasteiger partial charge in [-0.25, -0.2) is 0 Å². The van der Waals surface area contributed by atoms with Crippen LogP contribution in [0.25, 0.3) is 0 Å². The molecule has 1 aliphatic carbocycles. The van der Waals surface area contributed by atoms with Crippen LogP contribution < -0.4 is 0 Å². The molecule has 1 nitrogen and oxygen atoms in total. The zero-order valence-electron chi connectivity index (χ0n) is 10.5. The summed E-state index contributed by atoms with van der Waals surface area (Å²) in [5.74, 6) is 0.379. The largest absolute Gasteiger partial charge is 0.293 e. The van der Waals surface area contributed by atoms with Crippen LogP contribution in [0.1, 0.15) is 45.8 Å². The quantitative estimate of drug-likeness (QED) is 0.730. The summed E-state index contributed by atoms with van der Waals surface area (Å²) in [4.78, 5) is 12.7. The molecule has 1 unspecified atom stereocenters. The number of benzene rings is 1. The van der Waals surface area contributed by atoms with Gasteiger partial charge >= 0.3 is 0 Å². The van der Waals surface area contributed by atoms with Crippen molar-refractivity contribution in [2.45, 2.75) is 32.1 Å². The van der Waals surface area contributed by atoms with E-state index in [0.717, 1.165) is 30.4 Å². The summed E-state index contributed by atoms with van der Waals surface area (Å²) in [6, 6.07) is 8.40. The van der Waals surface area contributed by atoms with Gasteiger partial charge in [-0.05, 0) is 48.3 Å². The lowest BCUT2D eigenvalue weighted by Gasteiger charge is -2.24. The summed E-state index contributed by atoms with van der Waals surface area (Å²) < 4.78 is 0. The molecule has 1 aromatic heterocycles. The lowest BCUT2D eigenvalue weighted by molar-refractivity contribution is 0.0951. The fourth-order valence-corrected chi connectivity index (χ4v) is 3.66. The van der Waals surface area contributed by atoms with E-state index in [4.69, 9.17) is 0 Å². The number of hydrogen-bond donors (Lipinski definition) is 0. The maximum atomic E-state index is 12.7. The average molecular weight is 256 g/mol. The van der Waals surface area contributed by atoms with E-state index in [1.165, 1.54) is 11.1 Å². The van der Waals surface area contributed by atoms with E-state index < -0.39 is 0 Å². The first-order valence-electron chi connectivity index (χ1n) is 6.42. The molecule has 0 saturated carbocycles. The van der Waals surface area contributed by atoms with Crippen molar-refractivity contribution in [3.8, 4) is 0 Å². The highest BCUT2D eigenvalue weighted by Crippen LogP contribution is 2.35. The van der Waals surface area contributed by atoms with E-state index in [1.807, 2.05) is 18.4 Å². The first kappa shape index (κ1) is 11.7. The van der Waals surface area contributed by atoms with Crippen LogP contribution in [0.3, 0.4) is 0 Å². The number of rotatable bonds is 2. The van der Waals surface area contributed by atoms with Crippen LogP contribution in [-0.2, 0) is 6.42 Å². The molecule has 0 amide bonds. The number of hydrogen-bond acceptors (Lipinski definition) is 2. The minimum atomic E-state index is 0.0725. The molecule has 0 bridgehead atoms. The molecule has 1 aromatic carbocycles. The average Bonchev–Trinajstić information content (AvgIpc) is 2.83. The van der Waals surface area contributed by atoms with Crippen molar-refractivity contribution < 1.29 is 4.79 Å². The van der Waals surface area contributed by atoms with E-state index >= 15 is 0 Å². The Kier molecular flexibility index (Phi) is 3.04.